The molecular weight excluding hydrogens is 466 g/mol. The molecule has 0 aliphatic heterocycles. The van der Waals surface area contributed by atoms with Gasteiger partial charge in [-0.25, -0.2) is 4.98 Å². The Morgan fingerprint density at radius 3 is 2.69 bits per heavy atom. The van der Waals surface area contributed by atoms with E-state index in [2.05, 4.69) is 51.0 Å². The van der Waals surface area contributed by atoms with E-state index < -0.39 is 0 Å². The average molecular weight is 488 g/mol. The van der Waals surface area contributed by atoms with Crippen molar-refractivity contribution in [2.45, 2.75) is 20.5 Å². The largest absolute Gasteiger partial charge is 0.493 e. The Morgan fingerprint density at radius 1 is 1.12 bits per heavy atom. The van der Waals surface area contributed by atoms with Crippen molar-refractivity contribution in [3.8, 4) is 17.6 Å². The van der Waals surface area contributed by atoms with Crippen molar-refractivity contribution < 1.29 is 9.47 Å². The molecule has 0 unspecified atom stereocenters. The number of aryl methyl sites for hydroxylation is 2. The molecule has 0 atom stereocenters. The standard InChI is InChI=1S/C26H22BrN3O2/c1-16-5-4-6-18(9-16)15-32-25-21(27)12-19(13-24(25)31-3)11-20(14-28)26-29-22-8-7-17(2)10-23(22)30-26/h4-13H,15H2,1-3H3,(H,29,30)/b20-11-. The Bertz CT molecular complexity index is 1370. The molecule has 0 saturated heterocycles. The van der Waals surface area contributed by atoms with Gasteiger partial charge in [-0.05, 0) is 76.8 Å². The van der Waals surface area contributed by atoms with E-state index >= 15 is 0 Å². The van der Waals surface area contributed by atoms with Gasteiger partial charge in [0, 0.05) is 0 Å². The number of hydrogen-bond donors (Lipinski definition) is 1. The van der Waals surface area contributed by atoms with Gasteiger partial charge in [0.25, 0.3) is 0 Å². The van der Waals surface area contributed by atoms with E-state index in [9.17, 15) is 5.26 Å². The number of aromatic nitrogens is 2. The fourth-order valence-corrected chi connectivity index (χ4v) is 4.07. The first-order chi connectivity index (χ1) is 15.5. The summed E-state index contributed by atoms with van der Waals surface area (Å²) in [5, 5.41) is 9.76. The Morgan fingerprint density at radius 2 is 1.94 bits per heavy atom. The summed E-state index contributed by atoms with van der Waals surface area (Å²) in [5.41, 5.74) is 6.35. The summed E-state index contributed by atoms with van der Waals surface area (Å²) in [5.74, 6) is 1.72. The smallest absolute Gasteiger partial charge is 0.175 e. The molecule has 1 N–H and O–H groups in total. The number of halogens is 1. The predicted molar refractivity (Wildman–Crippen MR) is 131 cm³/mol. The number of H-pyrrole nitrogens is 1. The molecule has 160 valence electrons. The summed E-state index contributed by atoms with van der Waals surface area (Å²) in [6, 6.07) is 20.1. The fourth-order valence-electron chi connectivity index (χ4n) is 3.49. The van der Waals surface area contributed by atoms with E-state index in [-0.39, 0.29) is 0 Å². The van der Waals surface area contributed by atoms with Crippen molar-refractivity contribution in [3.05, 3.63) is 87.1 Å². The van der Waals surface area contributed by atoms with Crippen molar-refractivity contribution in [1.82, 2.24) is 9.97 Å². The number of ether oxygens (including phenoxy) is 2. The highest BCUT2D eigenvalue weighted by Gasteiger charge is 2.14. The van der Waals surface area contributed by atoms with E-state index in [0.717, 1.165) is 32.2 Å². The van der Waals surface area contributed by atoms with Crippen LogP contribution in [-0.4, -0.2) is 17.1 Å². The van der Waals surface area contributed by atoms with Crippen LogP contribution in [0, 0.1) is 25.2 Å². The van der Waals surface area contributed by atoms with E-state index in [1.54, 1.807) is 13.2 Å². The first-order valence-corrected chi connectivity index (χ1v) is 10.9. The van der Waals surface area contributed by atoms with E-state index in [1.165, 1.54) is 5.56 Å². The monoisotopic (exact) mass is 487 g/mol. The Hall–Kier alpha value is -3.56. The molecule has 4 aromatic rings. The van der Waals surface area contributed by atoms with Gasteiger partial charge in [-0.2, -0.15) is 5.26 Å². The van der Waals surface area contributed by atoms with Crippen molar-refractivity contribution in [2.24, 2.45) is 0 Å². The quantitative estimate of drug-likeness (QED) is 0.311. The molecule has 0 saturated carbocycles. The molecule has 6 heteroatoms. The molecule has 0 aliphatic carbocycles. The van der Waals surface area contributed by atoms with Gasteiger partial charge in [-0.1, -0.05) is 35.9 Å². The van der Waals surface area contributed by atoms with Crippen LogP contribution in [0.15, 0.2) is 59.1 Å². The molecule has 1 heterocycles. The molecule has 0 radical (unpaired) electrons. The predicted octanol–water partition coefficient (Wildman–Crippen LogP) is 6.59. The minimum Gasteiger partial charge on any atom is -0.493 e. The molecule has 5 nitrogen and oxygen atoms in total. The van der Waals surface area contributed by atoms with E-state index in [4.69, 9.17) is 9.47 Å². The minimum absolute atomic E-state index is 0.424. The van der Waals surface area contributed by atoms with Gasteiger partial charge in [0.15, 0.2) is 11.5 Å². The highest BCUT2D eigenvalue weighted by atomic mass is 79.9. The first kappa shape index (κ1) is 21.7. The van der Waals surface area contributed by atoms with Crippen LogP contribution in [0.2, 0.25) is 0 Å². The van der Waals surface area contributed by atoms with Crippen molar-refractivity contribution in [3.63, 3.8) is 0 Å². The van der Waals surface area contributed by atoms with Gasteiger partial charge in [0.1, 0.15) is 18.5 Å². The summed E-state index contributed by atoms with van der Waals surface area (Å²) in [4.78, 5) is 7.80. The first-order valence-electron chi connectivity index (χ1n) is 10.1. The maximum Gasteiger partial charge on any atom is 0.175 e. The van der Waals surface area contributed by atoms with Gasteiger partial charge < -0.3 is 14.5 Å². The lowest BCUT2D eigenvalue weighted by Crippen LogP contribution is -1.99. The van der Waals surface area contributed by atoms with Gasteiger partial charge in [0.05, 0.1) is 28.2 Å². The minimum atomic E-state index is 0.424. The van der Waals surface area contributed by atoms with Gasteiger partial charge >= 0.3 is 0 Å². The molecule has 3 aromatic carbocycles. The molecule has 0 aliphatic rings. The van der Waals surface area contributed by atoms with Gasteiger partial charge in [-0.15, -0.1) is 0 Å². The second-order valence-electron chi connectivity index (χ2n) is 7.59. The second kappa shape index (κ2) is 9.29. The maximum atomic E-state index is 9.76. The number of methoxy groups -OCH3 is 1. The zero-order valence-corrected chi connectivity index (χ0v) is 19.7. The lowest BCUT2D eigenvalue weighted by atomic mass is 10.1. The molecule has 32 heavy (non-hydrogen) atoms. The molecule has 4 rings (SSSR count). The zero-order chi connectivity index (χ0) is 22.7. The molecular formula is C26H22BrN3O2. The van der Waals surface area contributed by atoms with Crippen LogP contribution in [0.25, 0.3) is 22.7 Å². The normalized spacial score (nSPS) is 11.4. The molecule has 0 amide bonds. The number of hydrogen-bond acceptors (Lipinski definition) is 4. The third-order valence-electron chi connectivity index (χ3n) is 5.04. The SMILES string of the molecule is COc1cc(/C=C(/C#N)c2nc3ccc(C)cc3[nH]2)cc(Br)c1OCc1cccc(C)c1. The van der Waals surface area contributed by atoms with Crippen molar-refractivity contribution in [2.75, 3.05) is 7.11 Å². The van der Waals surface area contributed by atoms with Crippen LogP contribution in [0.1, 0.15) is 28.1 Å². The molecule has 0 fully saturated rings. The van der Waals surface area contributed by atoms with E-state index in [0.29, 0.717) is 29.5 Å². The topological polar surface area (TPSA) is 70.9 Å². The van der Waals surface area contributed by atoms with E-state index in [1.807, 2.05) is 49.4 Å². The highest BCUT2D eigenvalue weighted by molar-refractivity contribution is 9.10. The molecule has 0 spiro atoms. The van der Waals surface area contributed by atoms with Crippen molar-refractivity contribution >= 4 is 38.6 Å². The summed E-state index contributed by atoms with van der Waals surface area (Å²) in [6.07, 6.45) is 1.78. The number of benzene rings is 3. The molecule has 1 aromatic heterocycles. The Kier molecular flexibility index (Phi) is 6.29. The number of rotatable bonds is 6. The van der Waals surface area contributed by atoms with Gasteiger partial charge in [-0.3, -0.25) is 0 Å². The van der Waals surface area contributed by atoms with Crippen LogP contribution in [0.4, 0.5) is 0 Å². The number of aromatic amines is 1. The number of allylic oxidation sites excluding steroid dienone is 1. The highest BCUT2D eigenvalue weighted by Crippen LogP contribution is 2.38. The number of nitrogens with one attached hydrogen (secondary N) is 1. The Balaban J connectivity index is 1.64. The summed E-state index contributed by atoms with van der Waals surface area (Å²) in [7, 11) is 1.60. The van der Waals surface area contributed by atoms with Crippen LogP contribution >= 0.6 is 15.9 Å². The lowest BCUT2D eigenvalue weighted by molar-refractivity contribution is 0.282. The third kappa shape index (κ3) is 4.68. The fraction of sp³-hybridized carbons (Fsp3) is 0.154. The zero-order valence-electron chi connectivity index (χ0n) is 18.1. The lowest BCUT2D eigenvalue weighted by Gasteiger charge is -2.14. The average Bonchev–Trinajstić information content (AvgIpc) is 3.19. The third-order valence-corrected chi connectivity index (χ3v) is 5.63. The maximum absolute atomic E-state index is 9.76. The van der Waals surface area contributed by atoms with Crippen LogP contribution in [0.3, 0.4) is 0 Å². The molecule has 0 bridgehead atoms. The van der Waals surface area contributed by atoms with Crippen molar-refractivity contribution in [1.29, 1.82) is 5.26 Å². The van der Waals surface area contributed by atoms with Crippen LogP contribution in [-0.2, 0) is 6.61 Å². The van der Waals surface area contributed by atoms with Crippen LogP contribution < -0.4 is 9.47 Å². The number of fused-ring (bicyclic) bond motifs is 1. The second-order valence-corrected chi connectivity index (χ2v) is 8.44. The number of nitriles is 1. The number of nitrogens with zero attached hydrogens (tertiary/aromatic N) is 2. The van der Waals surface area contributed by atoms with Gasteiger partial charge in [0.2, 0.25) is 0 Å². The summed E-state index contributed by atoms with van der Waals surface area (Å²) in [6.45, 7) is 4.50. The number of imidazole rings is 1. The van der Waals surface area contributed by atoms with Crippen LogP contribution in [0.5, 0.6) is 11.5 Å². The summed E-state index contributed by atoms with van der Waals surface area (Å²) >= 11 is 3.59. The summed E-state index contributed by atoms with van der Waals surface area (Å²) < 4.78 is 12.4. The Labute approximate surface area is 195 Å².